The third-order valence-electron chi connectivity index (χ3n) is 5.10. The molecule has 0 spiro atoms. The second-order valence-corrected chi connectivity index (χ2v) is 8.19. The molecule has 0 bridgehead atoms. The van der Waals surface area contributed by atoms with Crippen molar-refractivity contribution in [1.29, 1.82) is 0 Å². The van der Waals surface area contributed by atoms with E-state index in [9.17, 15) is 9.90 Å². The number of thiophene rings is 1. The number of aliphatic hydroxyl groups excluding tert-OH is 1. The molecule has 1 aromatic heterocycles. The Morgan fingerprint density at radius 3 is 2.78 bits per heavy atom. The minimum absolute atomic E-state index is 0.0813. The van der Waals surface area contributed by atoms with E-state index in [1.807, 2.05) is 40.6 Å². The fraction of sp³-hybridized carbons (Fsp3) is 0.500. The van der Waals surface area contributed by atoms with E-state index in [1.165, 1.54) is 4.88 Å². The fourth-order valence-electron chi connectivity index (χ4n) is 3.56. The zero-order valence-corrected chi connectivity index (χ0v) is 16.8. The van der Waals surface area contributed by atoms with Gasteiger partial charge in [0.15, 0.2) is 0 Å². The molecule has 146 valence electrons. The molecule has 5 heteroatoms. The Labute approximate surface area is 165 Å². The van der Waals surface area contributed by atoms with Crippen LogP contribution in [0.1, 0.15) is 62.0 Å². The number of unbranched alkanes of at least 4 members (excludes halogenated alkanes) is 2. The summed E-state index contributed by atoms with van der Waals surface area (Å²) in [4.78, 5) is 15.5. The van der Waals surface area contributed by atoms with Crippen molar-refractivity contribution in [2.24, 2.45) is 0 Å². The zero-order valence-electron chi connectivity index (χ0n) is 16.0. The van der Waals surface area contributed by atoms with Gasteiger partial charge in [-0.3, -0.25) is 4.79 Å². The van der Waals surface area contributed by atoms with Gasteiger partial charge >= 0.3 is 0 Å². The molecular formula is C22H29NO3S. The van der Waals surface area contributed by atoms with E-state index in [0.29, 0.717) is 19.6 Å². The molecule has 0 radical (unpaired) electrons. The number of hydrogen-bond donors (Lipinski definition) is 1. The Bertz CT molecular complexity index is 699. The molecule has 2 aromatic rings. The van der Waals surface area contributed by atoms with Gasteiger partial charge in [0.05, 0.1) is 25.4 Å². The van der Waals surface area contributed by atoms with E-state index in [1.54, 1.807) is 11.3 Å². The van der Waals surface area contributed by atoms with E-state index in [2.05, 4.69) is 13.0 Å². The minimum atomic E-state index is -0.426. The highest BCUT2D eigenvalue weighted by Crippen LogP contribution is 2.29. The van der Waals surface area contributed by atoms with Crippen LogP contribution in [0.3, 0.4) is 0 Å². The molecular weight excluding hydrogens is 358 g/mol. The lowest BCUT2D eigenvalue weighted by molar-refractivity contribution is -0.117. The van der Waals surface area contributed by atoms with Crippen molar-refractivity contribution in [3.63, 3.8) is 0 Å². The molecule has 4 nitrogen and oxygen atoms in total. The van der Waals surface area contributed by atoms with Crippen LogP contribution in [0.5, 0.6) is 0 Å². The number of benzene rings is 1. The topological polar surface area (TPSA) is 49.8 Å². The van der Waals surface area contributed by atoms with Crippen LogP contribution in [0.25, 0.3) is 0 Å². The van der Waals surface area contributed by atoms with E-state index in [4.69, 9.17) is 4.74 Å². The molecule has 0 saturated carbocycles. The number of carbonyl (C=O) groups is 1. The summed E-state index contributed by atoms with van der Waals surface area (Å²) < 4.78 is 5.86. The van der Waals surface area contributed by atoms with Gasteiger partial charge in [-0.25, -0.2) is 0 Å². The number of nitrogens with zero attached hydrogens (tertiary/aromatic N) is 1. The number of amides is 1. The van der Waals surface area contributed by atoms with Crippen LogP contribution in [-0.4, -0.2) is 23.7 Å². The molecule has 0 aliphatic carbocycles. The first-order chi connectivity index (χ1) is 13.2. The Balaban J connectivity index is 1.58. The van der Waals surface area contributed by atoms with E-state index in [0.717, 1.165) is 43.4 Å². The number of rotatable bonds is 10. The molecule has 1 aliphatic heterocycles. The molecule has 27 heavy (non-hydrogen) atoms. The van der Waals surface area contributed by atoms with Gasteiger partial charge in [-0.05, 0) is 42.0 Å². The van der Waals surface area contributed by atoms with Crippen LogP contribution in [0.4, 0.5) is 5.69 Å². The van der Waals surface area contributed by atoms with Gasteiger partial charge in [0, 0.05) is 17.0 Å². The highest BCUT2D eigenvalue weighted by atomic mass is 32.1. The first-order valence-electron chi connectivity index (χ1n) is 9.89. The molecule has 0 unspecified atom stereocenters. The largest absolute Gasteiger partial charge is 0.388 e. The monoisotopic (exact) mass is 387 g/mol. The summed E-state index contributed by atoms with van der Waals surface area (Å²) in [6, 6.07) is 12.0. The predicted octanol–water partition coefficient (Wildman–Crippen LogP) is 5.07. The van der Waals surface area contributed by atoms with Crippen molar-refractivity contribution < 1.29 is 14.6 Å². The van der Waals surface area contributed by atoms with Gasteiger partial charge in [0.25, 0.3) is 0 Å². The average molecular weight is 388 g/mol. The maximum absolute atomic E-state index is 12.4. The van der Waals surface area contributed by atoms with Crippen LogP contribution < -0.4 is 4.90 Å². The summed E-state index contributed by atoms with van der Waals surface area (Å²) >= 11 is 1.69. The summed E-state index contributed by atoms with van der Waals surface area (Å²) in [7, 11) is 0. The maximum atomic E-state index is 12.4. The number of carbonyl (C=O) groups excluding carboxylic acids is 1. The normalized spacial score (nSPS) is 18.2. The van der Waals surface area contributed by atoms with E-state index >= 15 is 0 Å². The zero-order chi connectivity index (χ0) is 19.1. The van der Waals surface area contributed by atoms with Gasteiger partial charge in [-0.15, -0.1) is 11.3 Å². The van der Waals surface area contributed by atoms with Crippen LogP contribution in [-0.2, 0) is 16.1 Å². The predicted molar refractivity (Wildman–Crippen MR) is 110 cm³/mol. The van der Waals surface area contributed by atoms with Crippen LogP contribution in [0.2, 0.25) is 0 Å². The summed E-state index contributed by atoms with van der Waals surface area (Å²) in [5.74, 6) is 0.149. The highest BCUT2D eigenvalue weighted by molar-refractivity contribution is 7.09. The van der Waals surface area contributed by atoms with Gasteiger partial charge in [0.2, 0.25) is 5.91 Å². The first-order valence-corrected chi connectivity index (χ1v) is 10.8. The Kier molecular flexibility index (Phi) is 7.44. The molecule has 3 rings (SSSR count). The highest BCUT2D eigenvalue weighted by Gasteiger charge is 2.32. The van der Waals surface area contributed by atoms with Crippen molar-refractivity contribution in [3.8, 4) is 0 Å². The standard InChI is InChI=1S/C22H29NO3S/c1-2-3-4-7-21(24)17-8-10-18(11-9-17)23-19(12-13-22(23)25)15-26-16-20-6-5-14-27-20/h5-6,8-11,14,19,21,24H,2-4,7,12-13,15-16H2,1H3/t19-,21-/m1/s1. The number of anilines is 1. The number of hydrogen-bond acceptors (Lipinski definition) is 4. The SMILES string of the molecule is CCCCC[C@@H](O)c1ccc(N2C(=O)CC[C@@H]2COCc2cccs2)cc1. The van der Waals surface area contributed by atoms with Crippen molar-refractivity contribution in [2.75, 3.05) is 11.5 Å². The van der Waals surface area contributed by atoms with Gasteiger partial charge in [0.1, 0.15) is 0 Å². The molecule has 1 saturated heterocycles. The summed E-state index contributed by atoms with van der Waals surface area (Å²) in [5.41, 5.74) is 1.82. The second kappa shape index (κ2) is 10.0. The Morgan fingerprint density at radius 2 is 2.07 bits per heavy atom. The minimum Gasteiger partial charge on any atom is -0.388 e. The lowest BCUT2D eigenvalue weighted by atomic mass is 10.0. The van der Waals surface area contributed by atoms with E-state index < -0.39 is 6.10 Å². The van der Waals surface area contributed by atoms with Crippen molar-refractivity contribution in [2.45, 2.75) is 64.2 Å². The Morgan fingerprint density at radius 1 is 1.26 bits per heavy atom. The quantitative estimate of drug-likeness (QED) is 0.579. The van der Waals surface area contributed by atoms with Crippen LogP contribution in [0, 0.1) is 0 Å². The molecule has 1 N–H and O–H groups in total. The average Bonchev–Trinajstić information content (AvgIpc) is 3.32. The van der Waals surface area contributed by atoms with Crippen LogP contribution in [0.15, 0.2) is 41.8 Å². The number of ether oxygens (including phenoxy) is 1. The van der Waals surface area contributed by atoms with Crippen molar-refractivity contribution >= 4 is 22.9 Å². The summed E-state index contributed by atoms with van der Waals surface area (Å²) in [5, 5.41) is 12.4. The number of aliphatic hydroxyl groups is 1. The smallest absolute Gasteiger partial charge is 0.227 e. The Hall–Kier alpha value is -1.69. The van der Waals surface area contributed by atoms with Gasteiger partial charge < -0.3 is 14.7 Å². The molecule has 2 atom stereocenters. The lowest BCUT2D eigenvalue weighted by Crippen LogP contribution is -2.36. The van der Waals surface area contributed by atoms with Gasteiger partial charge in [-0.2, -0.15) is 0 Å². The molecule has 1 aliphatic rings. The maximum Gasteiger partial charge on any atom is 0.227 e. The summed E-state index contributed by atoms with van der Waals surface area (Å²) in [6.45, 7) is 3.30. The van der Waals surface area contributed by atoms with Crippen molar-refractivity contribution in [3.05, 3.63) is 52.2 Å². The fourth-order valence-corrected chi connectivity index (χ4v) is 4.20. The molecule has 1 fully saturated rings. The van der Waals surface area contributed by atoms with Crippen molar-refractivity contribution in [1.82, 2.24) is 0 Å². The molecule has 1 aromatic carbocycles. The second-order valence-electron chi connectivity index (χ2n) is 7.15. The van der Waals surface area contributed by atoms with Gasteiger partial charge in [-0.1, -0.05) is 44.4 Å². The summed E-state index contributed by atoms with van der Waals surface area (Å²) in [6.07, 6.45) is 5.08. The first kappa shape index (κ1) is 20.1. The molecule has 1 amide bonds. The molecule has 2 heterocycles. The third-order valence-corrected chi connectivity index (χ3v) is 5.95. The van der Waals surface area contributed by atoms with E-state index in [-0.39, 0.29) is 11.9 Å². The lowest BCUT2D eigenvalue weighted by Gasteiger charge is -2.25. The third kappa shape index (κ3) is 5.41. The van der Waals surface area contributed by atoms with Crippen LogP contribution >= 0.6 is 11.3 Å².